The maximum Gasteiger partial charge on any atom is 0.338 e. The van der Waals surface area contributed by atoms with Crippen LogP contribution in [0.25, 0.3) is 0 Å². The largest absolute Gasteiger partial charge is 0.467 e. The van der Waals surface area contributed by atoms with E-state index in [1.807, 2.05) is 0 Å². The molecule has 0 saturated heterocycles. The van der Waals surface area contributed by atoms with Gasteiger partial charge in [0.25, 0.3) is 0 Å². The van der Waals surface area contributed by atoms with E-state index in [-0.39, 0.29) is 6.54 Å². The third-order valence-electron chi connectivity index (χ3n) is 2.98. The van der Waals surface area contributed by atoms with E-state index in [1.54, 1.807) is 0 Å². The van der Waals surface area contributed by atoms with E-state index in [9.17, 15) is 9.90 Å². The van der Waals surface area contributed by atoms with Crippen LogP contribution in [0, 0.1) is 5.92 Å². The lowest BCUT2D eigenvalue weighted by Crippen LogP contribution is -2.45. The van der Waals surface area contributed by atoms with Gasteiger partial charge in [0.05, 0.1) is 7.11 Å². The molecule has 18 heavy (non-hydrogen) atoms. The first-order valence-corrected chi connectivity index (χ1v) is 6.91. The number of rotatable bonds is 10. The molecule has 0 saturated carbocycles. The van der Waals surface area contributed by atoms with Crippen molar-refractivity contribution in [1.82, 2.24) is 5.32 Å². The summed E-state index contributed by atoms with van der Waals surface area (Å²) >= 11 is 0. The molecule has 0 spiro atoms. The first kappa shape index (κ1) is 17.4. The lowest BCUT2D eigenvalue weighted by atomic mass is 10.0. The van der Waals surface area contributed by atoms with Gasteiger partial charge in [-0.1, -0.05) is 39.5 Å². The second kappa shape index (κ2) is 9.34. The molecule has 0 rings (SSSR count). The van der Waals surface area contributed by atoms with Crippen molar-refractivity contribution < 1.29 is 14.6 Å². The fraction of sp³-hybridized carbons (Fsp3) is 0.929. The second-order valence-corrected chi connectivity index (χ2v) is 5.54. The molecule has 0 bridgehead atoms. The highest BCUT2D eigenvalue weighted by Crippen LogP contribution is 2.09. The summed E-state index contributed by atoms with van der Waals surface area (Å²) in [6.07, 6.45) is 6.12. The predicted octanol–water partition coefficient (Wildman–Crippen LogP) is 2.11. The average Bonchev–Trinajstić information content (AvgIpc) is 2.30. The SMILES string of the molecule is COC(=O)C(C)(O)CNCCCCCCC(C)C. The first-order valence-electron chi connectivity index (χ1n) is 6.91. The van der Waals surface area contributed by atoms with Crippen LogP contribution in [0.2, 0.25) is 0 Å². The standard InChI is InChI=1S/C14H29NO3/c1-12(2)9-7-5-6-8-10-15-11-14(3,17)13(16)18-4/h12,15,17H,5-11H2,1-4H3. The summed E-state index contributed by atoms with van der Waals surface area (Å²) in [5.74, 6) is 0.199. The molecule has 0 fully saturated rings. The number of carbonyl (C=O) groups excluding carboxylic acids is 1. The van der Waals surface area contributed by atoms with E-state index in [4.69, 9.17) is 0 Å². The van der Waals surface area contributed by atoms with E-state index >= 15 is 0 Å². The van der Waals surface area contributed by atoms with Crippen molar-refractivity contribution in [3.8, 4) is 0 Å². The Balaban J connectivity index is 3.43. The van der Waals surface area contributed by atoms with Crippen LogP contribution in [0.4, 0.5) is 0 Å². The summed E-state index contributed by atoms with van der Waals surface area (Å²) < 4.78 is 4.52. The van der Waals surface area contributed by atoms with Gasteiger partial charge in [0.2, 0.25) is 0 Å². The molecule has 0 aromatic heterocycles. The molecular weight excluding hydrogens is 230 g/mol. The number of esters is 1. The van der Waals surface area contributed by atoms with Crippen LogP contribution in [0.5, 0.6) is 0 Å². The minimum Gasteiger partial charge on any atom is -0.467 e. The lowest BCUT2D eigenvalue weighted by Gasteiger charge is -2.20. The van der Waals surface area contributed by atoms with Crippen LogP contribution >= 0.6 is 0 Å². The monoisotopic (exact) mass is 259 g/mol. The van der Waals surface area contributed by atoms with Crippen LogP contribution in [0.1, 0.15) is 52.9 Å². The van der Waals surface area contributed by atoms with Gasteiger partial charge >= 0.3 is 5.97 Å². The van der Waals surface area contributed by atoms with Crippen LogP contribution in [0.3, 0.4) is 0 Å². The number of nitrogens with one attached hydrogen (secondary N) is 1. The molecule has 0 aliphatic rings. The minimum atomic E-state index is -1.42. The number of hydrogen-bond acceptors (Lipinski definition) is 4. The fourth-order valence-electron chi connectivity index (χ4n) is 1.78. The van der Waals surface area contributed by atoms with Gasteiger partial charge in [0.1, 0.15) is 0 Å². The first-order chi connectivity index (χ1) is 8.40. The lowest BCUT2D eigenvalue weighted by molar-refractivity contribution is -0.159. The van der Waals surface area contributed by atoms with Gasteiger partial charge in [-0.3, -0.25) is 0 Å². The fourth-order valence-corrected chi connectivity index (χ4v) is 1.78. The Hall–Kier alpha value is -0.610. The van der Waals surface area contributed by atoms with E-state index in [0.29, 0.717) is 0 Å². The van der Waals surface area contributed by atoms with Crippen LogP contribution in [-0.4, -0.2) is 36.9 Å². The molecule has 1 unspecified atom stereocenters. The molecular formula is C14H29NO3. The topological polar surface area (TPSA) is 58.6 Å². The Morgan fingerprint density at radius 2 is 1.89 bits per heavy atom. The number of hydrogen-bond donors (Lipinski definition) is 2. The van der Waals surface area contributed by atoms with Gasteiger partial charge in [-0.2, -0.15) is 0 Å². The summed E-state index contributed by atoms with van der Waals surface area (Å²) in [6, 6.07) is 0. The zero-order chi connectivity index (χ0) is 14.0. The Morgan fingerprint density at radius 1 is 1.28 bits per heavy atom. The maximum atomic E-state index is 11.2. The molecule has 108 valence electrons. The van der Waals surface area contributed by atoms with Gasteiger partial charge in [0, 0.05) is 6.54 Å². The van der Waals surface area contributed by atoms with E-state index in [2.05, 4.69) is 23.9 Å². The average molecular weight is 259 g/mol. The summed E-state index contributed by atoms with van der Waals surface area (Å²) in [4.78, 5) is 11.2. The van der Waals surface area contributed by atoms with Crippen molar-refractivity contribution in [3.05, 3.63) is 0 Å². The summed E-state index contributed by atoms with van der Waals surface area (Å²) in [6.45, 7) is 7.03. The quantitative estimate of drug-likeness (QED) is 0.466. The highest BCUT2D eigenvalue weighted by Gasteiger charge is 2.30. The number of unbranched alkanes of at least 4 members (excludes halogenated alkanes) is 3. The van der Waals surface area contributed by atoms with Gasteiger partial charge in [0.15, 0.2) is 5.60 Å². The van der Waals surface area contributed by atoms with E-state index in [1.165, 1.54) is 39.7 Å². The highest BCUT2D eigenvalue weighted by molar-refractivity contribution is 5.78. The summed E-state index contributed by atoms with van der Waals surface area (Å²) in [7, 11) is 1.28. The zero-order valence-corrected chi connectivity index (χ0v) is 12.3. The molecule has 0 aromatic carbocycles. The van der Waals surface area contributed by atoms with Crippen LogP contribution < -0.4 is 5.32 Å². The number of methoxy groups -OCH3 is 1. The van der Waals surface area contributed by atoms with Gasteiger partial charge in [-0.05, 0) is 25.8 Å². The molecule has 0 aliphatic carbocycles. The van der Waals surface area contributed by atoms with Crippen molar-refractivity contribution in [2.45, 2.75) is 58.5 Å². The van der Waals surface area contributed by atoms with Crippen molar-refractivity contribution in [3.63, 3.8) is 0 Å². The van der Waals surface area contributed by atoms with Crippen LogP contribution in [0.15, 0.2) is 0 Å². The van der Waals surface area contributed by atoms with Crippen molar-refractivity contribution in [2.75, 3.05) is 20.2 Å². The Labute approximate surface area is 111 Å². The third-order valence-corrected chi connectivity index (χ3v) is 2.98. The van der Waals surface area contributed by atoms with Gasteiger partial charge < -0.3 is 15.2 Å². The number of aliphatic hydroxyl groups is 1. The van der Waals surface area contributed by atoms with Crippen molar-refractivity contribution in [1.29, 1.82) is 0 Å². The molecule has 0 aliphatic heterocycles. The van der Waals surface area contributed by atoms with E-state index in [0.717, 1.165) is 18.9 Å². The minimum absolute atomic E-state index is 0.242. The van der Waals surface area contributed by atoms with E-state index < -0.39 is 11.6 Å². The van der Waals surface area contributed by atoms with Gasteiger partial charge in [-0.25, -0.2) is 4.79 Å². The molecule has 0 aromatic rings. The summed E-state index contributed by atoms with van der Waals surface area (Å²) in [5.41, 5.74) is -1.42. The van der Waals surface area contributed by atoms with Crippen molar-refractivity contribution >= 4 is 5.97 Å². The normalized spacial score (nSPS) is 14.6. The zero-order valence-electron chi connectivity index (χ0n) is 12.3. The molecule has 4 heteroatoms. The predicted molar refractivity (Wildman–Crippen MR) is 73.4 cm³/mol. The van der Waals surface area contributed by atoms with Crippen LogP contribution in [-0.2, 0) is 9.53 Å². The molecule has 4 nitrogen and oxygen atoms in total. The molecule has 0 heterocycles. The Morgan fingerprint density at radius 3 is 2.44 bits per heavy atom. The molecule has 2 N–H and O–H groups in total. The molecule has 0 radical (unpaired) electrons. The molecule has 0 amide bonds. The maximum absolute atomic E-state index is 11.2. The number of ether oxygens (including phenoxy) is 1. The van der Waals surface area contributed by atoms with Gasteiger partial charge in [-0.15, -0.1) is 0 Å². The highest BCUT2D eigenvalue weighted by atomic mass is 16.5. The Bertz CT molecular complexity index is 227. The molecule has 1 atom stereocenters. The smallest absolute Gasteiger partial charge is 0.338 e. The second-order valence-electron chi connectivity index (χ2n) is 5.54. The summed E-state index contributed by atoms with van der Waals surface area (Å²) in [5, 5.41) is 12.8. The third kappa shape index (κ3) is 8.48. The number of carbonyl (C=O) groups is 1. The van der Waals surface area contributed by atoms with Crippen molar-refractivity contribution in [2.24, 2.45) is 5.92 Å². The Kier molecular flexibility index (Phi) is 9.02.